The Morgan fingerprint density at radius 1 is 1.06 bits per heavy atom. The van der Waals surface area contributed by atoms with Crippen molar-refractivity contribution in [2.75, 3.05) is 13.1 Å². The van der Waals surface area contributed by atoms with E-state index in [-0.39, 0.29) is 11.5 Å². The molecule has 0 N–H and O–H groups in total. The van der Waals surface area contributed by atoms with Gasteiger partial charge in [0, 0.05) is 18.1 Å². The van der Waals surface area contributed by atoms with Crippen LogP contribution in [0.3, 0.4) is 0 Å². The van der Waals surface area contributed by atoms with Gasteiger partial charge in [-0.25, -0.2) is 0 Å². The van der Waals surface area contributed by atoms with E-state index in [4.69, 9.17) is 16.3 Å². The molecule has 0 bridgehead atoms. The summed E-state index contributed by atoms with van der Waals surface area (Å²) in [6, 6.07) is 14.6. The number of allylic oxidation sites excluding steroid dienone is 1. The van der Waals surface area contributed by atoms with Gasteiger partial charge in [-0.1, -0.05) is 41.9 Å². The molecule has 0 saturated carbocycles. The summed E-state index contributed by atoms with van der Waals surface area (Å²) >= 11 is 7.74. The Bertz CT molecular complexity index is 1150. The first kappa shape index (κ1) is 19.6. The highest BCUT2D eigenvalue weighted by atomic mass is 35.5. The molecule has 4 aliphatic rings. The van der Waals surface area contributed by atoms with Crippen LogP contribution in [0.4, 0.5) is 0 Å². The monoisotopic (exact) mass is 450 g/mol. The molecule has 1 amide bonds. The molecule has 0 radical (unpaired) electrons. The highest BCUT2D eigenvalue weighted by Gasteiger charge is 2.43. The van der Waals surface area contributed by atoms with E-state index in [0.717, 1.165) is 71.4 Å². The van der Waals surface area contributed by atoms with Crippen molar-refractivity contribution in [1.29, 1.82) is 0 Å². The third-order valence-electron chi connectivity index (χ3n) is 6.98. The smallest absolute Gasteiger partial charge is 0.286 e. The van der Waals surface area contributed by atoms with Crippen molar-refractivity contribution in [3.8, 4) is 0 Å². The van der Waals surface area contributed by atoms with Crippen LogP contribution in [0.1, 0.15) is 47.9 Å². The lowest BCUT2D eigenvalue weighted by atomic mass is 9.84. The molecule has 2 aromatic carbocycles. The molecule has 3 heterocycles. The van der Waals surface area contributed by atoms with Crippen LogP contribution in [0.5, 0.6) is 0 Å². The number of carbonyl (C=O) groups is 1. The first-order valence-corrected chi connectivity index (χ1v) is 12.1. The van der Waals surface area contributed by atoms with E-state index in [9.17, 15) is 4.79 Å². The number of amides is 1. The van der Waals surface area contributed by atoms with E-state index in [1.807, 2.05) is 12.1 Å². The van der Waals surface area contributed by atoms with Crippen LogP contribution in [0, 0.1) is 0 Å². The maximum Gasteiger partial charge on any atom is 0.286 e. The minimum atomic E-state index is -0.177. The van der Waals surface area contributed by atoms with Gasteiger partial charge in [-0.3, -0.25) is 4.79 Å². The standard InChI is InChI=1S/C25H23ClN2O2S/c26-18-8-9-19-16(14-18)5-3-6-20(19)22-23(29)27-24(31-22)28-12-10-25(11-13-28)21-7-2-1-4-17(21)15-30-25/h1-2,4,7-9,14H,3,5-6,10-13,15H2. The fraction of sp³-hybridized carbons (Fsp3) is 0.360. The Morgan fingerprint density at radius 3 is 2.77 bits per heavy atom. The summed E-state index contributed by atoms with van der Waals surface area (Å²) in [6.07, 6.45) is 4.81. The number of carbonyl (C=O) groups excluding carboxylic acids is 1. The van der Waals surface area contributed by atoms with E-state index in [0.29, 0.717) is 6.61 Å². The van der Waals surface area contributed by atoms with Crippen molar-refractivity contribution < 1.29 is 9.53 Å². The fourth-order valence-corrected chi connectivity index (χ4v) is 6.65. The highest BCUT2D eigenvalue weighted by molar-refractivity contribution is 8.18. The van der Waals surface area contributed by atoms with Gasteiger partial charge in [0.2, 0.25) is 0 Å². The third kappa shape index (κ3) is 3.25. The number of benzene rings is 2. The number of likely N-dealkylation sites (tertiary alicyclic amines) is 1. The molecule has 2 aromatic rings. The number of nitrogens with zero attached hydrogens (tertiary/aromatic N) is 2. The number of halogens is 1. The minimum absolute atomic E-state index is 0.0967. The number of hydrogen-bond donors (Lipinski definition) is 0. The van der Waals surface area contributed by atoms with Crippen molar-refractivity contribution in [3.63, 3.8) is 0 Å². The Labute approximate surface area is 191 Å². The van der Waals surface area contributed by atoms with Crippen molar-refractivity contribution in [2.45, 2.75) is 44.3 Å². The number of fused-ring (bicyclic) bond motifs is 3. The zero-order chi connectivity index (χ0) is 21.0. The second-order valence-electron chi connectivity index (χ2n) is 8.69. The van der Waals surface area contributed by atoms with Crippen molar-refractivity contribution in [2.24, 2.45) is 4.99 Å². The molecule has 3 aliphatic heterocycles. The highest BCUT2D eigenvalue weighted by Crippen LogP contribution is 2.46. The number of rotatable bonds is 0. The van der Waals surface area contributed by atoms with Gasteiger partial charge in [-0.2, -0.15) is 4.99 Å². The van der Waals surface area contributed by atoms with Crippen LogP contribution in [0.15, 0.2) is 52.4 Å². The number of hydrogen-bond acceptors (Lipinski definition) is 4. The van der Waals surface area contributed by atoms with Gasteiger partial charge >= 0.3 is 0 Å². The molecule has 31 heavy (non-hydrogen) atoms. The lowest BCUT2D eigenvalue weighted by Crippen LogP contribution is -2.44. The van der Waals surface area contributed by atoms with E-state index < -0.39 is 0 Å². The predicted molar refractivity (Wildman–Crippen MR) is 125 cm³/mol. The number of ether oxygens (including phenoxy) is 1. The summed E-state index contributed by atoms with van der Waals surface area (Å²) in [5, 5.41) is 1.60. The number of aryl methyl sites for hydroxylation is 1. The van der Waals surface area contributed by atoms with Crippen LogP contribution in [-0.4, -0.2) is 29.1 Å². The van der Waals surface area contributed by atoms with Gasteiger partial charge in [-0.05, 0) is 83.8 Å². The maximum absolute atomic E-state index is 12.9. The Hall–Kier alpha value is -2.08. The second kappa shape index (κ2) is 7.51. The minimum Gasteiger partial charge on any atom is -0.365 e. The zero-order valence-electron chi connectivity index (χ0n) is 17.2. The predicted octanol–water partition coefficient (Wildman–Crippen LogP) is 5.54. The van der Waals surface area contributed by atoms with Gasteiger partial charge in [0.25, 0.3) is 5.91 Å². The SMILES string of the molecule is O=C1N=C(N2CCC3(CC2)OCc2ccccc23)SC1=C1CCCc2cc(Cl)ccc21. The third-order valence-corrected chi connectivity index (χ3v) is 8.37. The molecule has 0 unspecified atom stereocenters. The summed E-state index contributed by atoms with van der Waals surface area (Å²) in [4.78, 5) is 20.4. The summed E-state index contributed by atoms with van der Waals surface area (Å²) < 4.78 is 6.29. The van der Waals surface area contributed by atoms with Gasteiger partial charge in [0.05, 0.1) is 17.1 Å². The molecular weight excluding hydrogens is 428 g/mol. The summed E-state index contributed by atoms with van der Waals surface area (Å²) in [5.74, 6) is -0.0967. The zero-order valence-corrected chi connectivity index (χ0v) is 18.8. The normalized spacial score (nSPS) is 24.4. The average Bonchev–Trinajstić information content (AvgIpc) is 3.35. The van der Waals surface area contributed by atoms with E-state index in [2.05, 4.69) is 40.2 Å². The summed E-state index contributed by atoms with van der Waals surface area (Å²) in [6.45, 7) is 2.40. The molecule has 0 aromatic heterocycles. The van der Waals surface area contributed by atoms with Crippen LogP contribution >= 0.6 is 23.4 Å². The first-order valence-electron chi connectivity index (χ1n) is 10.9. The van der Waals surface area contributed by atoms with Gasteiger partial charge in [0.15, 0.2) is 5.17 Å². The largest absolute Gasteiger partial charge is 0.365 e. The lowest BCUT2D eigenvalue weighted by molar-refractivity contribution is -0.113. The van der Waals surface area contributed by atoms with Crippen LogP contribution in [0.25, 0.3) is 5.57 Å². The maximum atomic E-state index is 12.9. The summed E-state index contributed by atoms with van der Waals surface area (Å²) in [7, 11) is 0. The molecule has 6 rings (SSSR count). The molecule has 0 atom stereocenters. The number of amidine groups is 1. The Morgan fingerprint density at radius 2 is 1.90 bits per heavy atom. The van der Waals surface area contributed by atoms with Gasteiger partial charge < -0.3 is 9.64 Å². The van der Waals surface area contributed by atoms with Gasteiger partial charge in [0.1, 0.15) is 0 Å². The average molecular weight is 451 g/mol. The molecule has 1 fully saturated rings. The van der Waals surface area contributed by atoms with E-state index >= 15 is 0 Å². The Balaban J connectivity index is 1.22. The topological polar surface area (TPSA) is 41.9 Å². The van der Waals surface area contributed by atoms with E-state index in [1.165, 1.54) is 16.7 Å². The van der Waals surface area contributed by atoms with Crippen molar-refractivity contribution in [1.82, 2.24) is 4.90 Å². The molecule has 1 spiro atoms. The molecule has 1 aliphatic carbocycles. The molecule has 6 heteroatoms. The molecular formula is C25H23ClN2O2S. The van der Waals surface area contributed by atoms with E-state index in [1.54, 1.807) is 11.8 Å². The lowest BCUT2D eigenvalue weighted by Gasteiger charge is -2.39. The number of aliphatic imine (C=N–C) groups is 1. The second-order valence-corrected chi connectivity index (χ2v) is 10.1. The number of thioether (sulfide) groups is 1. The fourth-order valence-electron chi connectivity index (χ4n) is 5.37. The molecule has 4 nitrogen and oxygen atoms in total. The van der Waals surface area contributed by atoms with Crippen molar-refractivity contribution in [3.05, 3.63) is 74.6 Å². The van der Waals surface area contributed by atoms with Crippen LogP contribution in [-0.2, 0) is 28.2 Å². The van der Waals surface area contributed by atoms with Crippen LogP contribution < -0.4 is 0 Å². The first-order chi connectivity index (χ1) is 15.1. The molecule has 1 saturated heterocycles. The Kier molecular flexibility index (Phi) is 4.74. The number of piperidine rings is 1. The quantitative estimate of drug-likeness (QED) is 0.494. The van der Waals surface area contributed by atoms with Gasteiger partial charge in [-0.15, -0.1) is 0 Å². The van der Waals surface area contributed by atoms with Crippen LogP contribution in [0.2, 0.25) is 5.02 Å². The van der Waals surface area contributed by atoms with Crippen molar-refractivity contribution >= 4 is 40.0 Å². The molecule has 158 valence electrons. The summed E-state index contributed by atoms with van der Waals surface area (Å²) in [5.41, 5.74) is 6.00.